The van der Waals surface area contributed by atoms with Crippen molar-refractivity contribution < 1.29 is 30.9 Å². The van der Waals surface area contributed by atoms with E-state index in [2.05, 4.69) is 19.6 Å². The summed E-state index contributed by atoms with van der Waals surface area (Å²) in [4.78, 5) is 19.5. The van der Waals surface area contributed by atoms with Gasteiger partial charge in [0, 0.05) is 12.6 Å². The molecule has 144 valence electrons. The monoisotopic (exact) mass is 392 g/mol. The molecule has 12 heteroatoms. The molecule has 0 atom stereocenters. The maximum Gasteiger partial charge on any atom is 0.434 e. The molecule has 6 nitrogen and oxygen atoms in total. The van der Waals surface area contributed by atoms with Crippen LogP contribution in [0.3, 0.4) is 0 Å². The van der Waals surface area contributed by atoms with E-state index in [9.17, 15) is 31.1 Å². The Bertz CT molecular complexity index is 1050. The lowest BCUT2D eigenvalue weighted by Gasteiger charge is -2.11. The first-order chi connectivity index (χ1) is 12.5. The van der Waals surface area contributed by atoms with Crippen molar-refractivity contribution in [3.63, 3.8) is 0 Å². The number of aryl methyl sites for hydroxylation is 2. The van der Waals surface area contributed by atoms with Gasteiger partial charge in [-0.3, -0.25) is 9.20 Å². The number of pyridine rings is 1. The van der Waals surface area contributed by atoms with Gasteiger partial charge in [0.2, 0.25) is 11.7 Å². The number of halogens is 6. The van der Waals surface area contributed by atoms with Crippen LogP contribution in [0.5, 0.6) is 0 Å². The first-order valence-corrected chi connectivity index (χ1v) is 7.45. The highest BCUT2D eigenvalue weighted by atomic mass is 19.4. The molecule has 0 N–H and O–H groups in total. The van der Waals surface area contributed by atoms with Gasteiger partial charge in [0.1, 0.15) is 11.2 Å². The average molecular weight is 392 g/mol. The summed E-state index contributed by atoms with van der Waals surface area (Å²) in [6.45, 7) is 1.61. The van der Waals surface area contributed by atoms with E-state index < -0.39 is 53.7 Å². The van der Waals surface area contributed by atoms with Crippen LogP contribution >= 0.6 is 0 Å². The Morgan fingerprint density at radius 1 is 1.15 bits per heavy atom. The summed E-state index contributed by atoms with van der Waals surface area (Å²) in [5.74, 6) is -1.31. The van der Waals surface area contributed by atoms with Gasteiger partial charge >= 0.3 is 12.4 Å². The molecule has 0 amide bonds. The summed E-state index contributed by atoms with van der Waals surface area (Å²) in [5, 5.41) is 3.24. The summed E-state index contributed by atoms with van der Waals surface area (Å²) in [7, 11) is 0. The third kappa shape index (κ3) is 3.93. The van der Waals surface area contributed by atoms with Crippen LogP contribution in [-0.4, -0.2) is 25.7 Å². The van der Waals surface area contributed by atoms with Crippen LogP contribution in [0.25, 0.3) is 17.0 Å². The summed E-state index contributed by atoms with van der Waals surface area (Å²) < 4.78 is 82.4. The Hall–Kier alpha value is -2.92. The Morgan fingerprint density at radius 2 is 1.85 bits per heavy atom. The average Bonchev–Trinajstić information content (AvgIpc) is 2.99. The van der Waals surface area contributed by atoms with Crippen molar-refractivity contribution >= 4 is 5.65 Å². The van der Waals surface area contributed by atoms with Crippen LogP contribution in [-0.2, 0) is 12.6 Å². The first kappa shape index (κ1) is 18.9. The van der Waals surface area contributed by atoms with Gasteiger partial charge in [-0.25, -0.2) is 4.98 Å². The molecule has 0 aromatic carbocycles. The van der Waals surface area contributed by atoms with E-state index in [1.807, 2.05) is 0 Å². The lowest BCUT2D eigenvalue weighted by atomic mass is 10.2. The minimum absolute atomic E-state index is 0.239. The van der Waals surface area contributed by atoms with Crippen molar-refractivity contribution in [1.82, 2.24) is 19.5 Å². The minimum atomic E-state index is -5.01. The summed E-state index contributed by atoms with van der Waals surface area (Å²) in [6, 6.07) is 2.77. The second-order valence-corrected chi connectivity index (χ2v) is 5.70. The summed E-state index contributed by atoms with van der Waals surface area (Å²) >= 11 is 0. The van der Waals surface area contributed by atoms with Gasteiger partial charge in [-0.1, -0.05) is 5.16 Å². The van der Waals surface area contributed by atoms with E-state index >= 15 is 0 Å². The van der Waals surface area contributed by atoms with E-state index in [0.29, 0.717) is 5.56 Å². The number of fused-ring (bicyclic) bond motifs is 1. The van der Waals surface area contributed by atoms with Crippen LogP contribution < -0.4 is 5.56 Å². The molecule has 0 unspecified atom stereocenters. The van der Waals surface area contributed by atoms with Gasteiger partial charge in [0.05, 0.1) is 6.42 Å². The normalized spacial score (nSPS) is 12.7. The number of nitrogens with zero attached hydrogens (tertiary/aromatic N) is 4. The van der Waals surface area contributed by atoms with Gasteiger partial charge in [-0.15, -0.1) is 0 Å². The van der Waals surface area contributed by atoms with Crippen molar-refractivity contribution in [3.8, 4) is 11.4 Å². The fourth-order valence-electron chi connectivity index (χ4n) is 2.35. The molecule has 0 fully saturated rings. The predicted octanol–water partition coefficient (Wildman–Crippen LogP) is 3.57. The molecule has 0 saturated carbocycles. The van der Waals surface area contributed by atoms with Crippen molar-refractivity contribution in [2.24, 2.45) is 0 Å². The largest absolute Gasteiger partial charge is 0.434 e. The molecule has 3 heterocycles. The van der Waals surface area contributed by atoms with Gasteiger partial charge in [0.15, 0.2) is 5.69 Å². The van der Waals surface area contributed by atoms with Crippen molar-refractivity contribution in [3.05, 3.63) is 45.8 Å². The highest BCUT2D eigenvalue weighted by Gasteiger charge is 2.39. The lowest BCUT2D eigenvalue weighted by Crippen LogP contribution is -2.24. The van der Waals surface area contributed by atoms with E-state index in [-0.39, 0.29) is 5.65 Å². The molecule has 0 bridgehead atoms. The number of rotatable bonds is 3. The molecule has 0 aliphatic rings. The zero-order valence-corrected chi connectivity index (χ0v) is 13.5. The fraction of sp³-hybridized carbons (Fsp3) is 0.333. The molecular weight excluding hydrogens is 382 g/mol. The molecular formula is C15H10F6N4O2. The third-order valence-electron chi connectivity index (χ3n) is 3.57. The van der Waals surface area contributed by atoms with E-state index in [1.165, 1.54) is 18.3 Å². The van der Waals surface area contributed by atoms with Crippen molar-refractivity contribution in [2.45, 2.75) is 32.1 Å². The molecule has 3 aromatic heterocycles. The zero-order chi connectivity index (χ0) is 20.0. The van der Waals surface area contributed by atoms with Crippen LogP contribution in [0.4, 0.5) is 26.3 Å². The Kier molecular flexibility index (Phi) is 4.44. The molecule has 3 rings (SSSR count). The standard InChI is InChI=1S/C15H10F6N4O2/c1-7-3-5-25-8(6-7)22-11(15(19,20)21)10(13(25)26)12-23-9(27-24-12)2-4-14(16,17)18/h3,5-6H,2,4H2,1H3. The number of aromatic nitrogens is 4. The Balaban J connectivity index is 2.16. The topological polar surface area (TPSA) is 73.3 Å². The molecule has 0 radical (unpaired) electrons. The summed E-state index contributed by atoms with van der Waals surface area (Å²) in [6.07, 6.45) is -10.3. The smallest absolute Gasteiger partial charge is 0.339 e. The SMILES string of the molecule is Cc1ccn2c(=O)c(-c3noc(CCC(F)(F)F)n3)c(C(F)(F)F)nc2c1. The highest BCUT2D eigenvalue weighted by Crippen LogP contribution is 2.33. The highest BCUT2D eigenvalue weighted by molar-refractivity contribution is 5.60. The second kappa shape index (κ2) is 6.35. The predicted molar refractivity (Wildman–Crippen MR) is 78.9 cm³/mol. The van der Waals surface area contributed by atoms with E-state index in [1.54, 1.807) is 6.92 Å². The number of hydrogen-bond donors (Lipinski definition) is 0. The quantitative estimate of drug-likeness (QED) is 0.638. The van der Waals surface area contributed by atoms with Crippen LogP contribution in [0.1, 0.15) is 23.6 Å². The van der Waals surface area contributed by atoms with Gasteiger partial charge < -0.3 is 4.52 Å². The molecule has 0 spiro atoms. The number of alkyl halides is 6. The van der Waals surface area contributed by atoms with E-state index in [0.717, 1.165) is 4.40 Å². The van der Waals surface area contributed by atoms with Crippen LogP contribution in [0, 0.1) is 6.92 Å². The molecule has 0 aliphatic heterocycles. The molecule has 27 heavy (non-hydrogen) atoms. The first-order valence-electron chi connectivity index (χ1n) is 7.45. The Labute approximate surface area is 146 Å². The van der Waals surface area contributed by atoms with E-state index in [4.69, 9.17) is 0 Å². The Morgan fingerprint density at radius 3 is 2.48 bits per heavy atom. The van der Waals surface area contributed by atoms with Crippen LogP contribution in [0.2, 0.25) is 0 Å². The van der Waals surface area contributed by atoms with Crippen LogP contribution in [0.15, 0.2) is 27.6 Å². The molecule has 3 aromatic rings. The fourth-order valence-corrected chi connectivity index (χ4v) is 2.35. The van der Waals surface area contributed by atoms with Gasteiger partial charge in [-0.05, 0) is 24.6 Å². The van der Waals surface area contributed by atoms with Gasteiger partial charge in [-0.2, -0.15) is 31.3 Å². The van der Waals surface area contributed by atoms with Crippen molar-refractivity contribution in [2.75, 3.05) is 0 Å². The lowest BCUT2D eigenvalue weighted by molar-refractivity contribution is -0.140. The zero-order valence-electron chi connectivity index (χ0n) is 13.5. The molecule has 0 saturated heterocycles. The maximum absolute atomic E-state index is 13.4. The second-order valence-electron chi connectivity index (χ2n) is 5.70. The third-order valence-corrected chi connectivity index (χ3v) is 3.57. The minimum Gasteiger partial charge on any atom is -0.339 e. The molecule has 0 aliphatic carbocycles. The number of hydrogen-bond acceptors (Lipinski definition) is 5. The van der Waals surface area contributed by atoms with Crippen molar-refractivity contribution in [1.29, 1.82) is 0 Å². The maximum atomic E-state index is 13.4. The van der Waals surface area contributed by atoms with Gasteiger partial charge in [0.25, 0.3) is 5.56 Å². The summed E-state index contributed by atoms with van der Waals surface area (Å²) in [5.41, 5.74) is -3.31.